The molecule has 1 aromatic rings. The molecule has 1 aromatic heterocycles. The summed E-state index contributed by atoms with van der Waals surface area (Å²) in [6.45, 7) is 4.15. The number of rotatable bonds is 3. The van der Waals surface area contributed by atoms with Crippen LogP contribution in [0.5, 0.6) is 5.88 Å². The molecule has 4 heteroatoms. The van der Waals surface area contributed by atoms with Crippen LogP contribution < -0.4 is 10.1 Å². The van der Waals surface area contributed by atoms with Gasteiger partial charge in [-0.25, -0.2) is 4.98 Å². The molecule has 0 radical (unpaired) electrons. The van der Waals surface area contributed by atoms with Gasteiger partial charge in [-0.3, -0.25) is 0 Å². The van der Waals surface area contributed by atoms with E-state index in [4.69, 9.17) is 4.74 Å². The quantitative estimate of drug-likeness (QED) is 0.792. The minimum absolute atomic E-state index is 0.543. The standard InChI is InChI=1S/C10H15N3O/c1-6-4-8(6)12-10-11-7(2)5-9(13-10)14-3/h5-6,8H,4H2,1-3H3,(H,11,12,13)/t6-,8-/m1/s1. The van der Waals surface area contributed by atoms with Crippen LogP contribution in [0.4, 0.5) is 5.95 Å². The van der Waals surface area contributed by atoms with Crippen LogP contribution in [-0.2, 0) is 0 Å². The maximum atomic E-state index is 5.07. The summed E-state index contributed by atoms with van der Waals surface area (Å²) in [4.78, 5) is 8.52. The van der Waals surface area contributed by atoms with Gasteiger partial charge >= 0.3 is 0 Å². The molecule has 0 saturated heterocycles. The molecule has 0 spiro atoms. The van der Waals surface area contributed by atoms with Gasteiger partial charge in [0, 0.05) is 17.8 Å². The summed E-state index contributed by atoms with van der Waals surface area (Å²) in [5.41, 5.74) is 0.924. The second-order valence-corrected chi connectivity index (χ2v) is 3.84. The Morgan fingerprint density at radius 1 is 1.50 bits per heavy atom. The molecule has 1 heterocycles. The van der Waals surface area contributed by atoms with Crippen molar-refractivity contribution < 1.29 is 4.74 Å². The zero-order valence-electron chi connectivity index (χ0n) is 8.74. The summed E-state index contributed by atoms with van der Waals surface area (Å²) in [6, 6.07) is 2.36. The van der Waals surface area contributed by atoms with E-state index in [9.17, 15) is 0 Å². The summed E-state index contributed by atoms with van der Waals surface area (Å²) in [7, 11) is 1.62. The lowest BCUT2D eigenvalue weighted by molar-refractivity contribution is 0.397. The van der Waals surface area contributed by atoms with Crippen molar-refractivity contribution >= 4 is 5.95 Å². The number of aryl methyl sites for hydroxylation is 1. The molecule has 0 amide bonds. The van der Waals surface area contributed by atoms with Gasteiger partial charge in [-0.2, -0.15) is 4.98 Å². The van der Waals surface area contributed by atoms with Crippen LogP contribution in [0, 0.1) is 12.8 Å². The summed E-state index contributed by atoms with van der Waals surface area (Å²) in [5, 5.41) is 3.28. The number of hydrogen-bond acceptors (Lipinski definition) is 4. The monoisotopic (exact) mass is 193 g/mol. The van der Waals surface area contributed by atoms with Gasteiger partial charge in [-0.15, -0.1) is 0 Å². The molecule has 2 atom stereocenters. The molecule has 1 aliphatic rings. The van der Waals surface area contributed by atoms with E-state index in [0.717, 1.165) is 11.6 Å². The first-order valence-electron chi connectivity index (χ1n) is 4.85. The predicted octanol–water partition coefficient (Wildman–Crippen LogP) is 1.61. The Labute approximate surface area is 83.7 Å². The molecular formula is C10H15N3O. The van der Waals surface area contributed by atoms with Crippen LogP contribution in [0.2, 0.25) is 0 Å². The Morgan fingerprint density at radius 2 is 2.21 bits per heavy atom. The van der Waals surface area contributed by atoms with Crippen LogP contribution in [-0.4, -0.2) is 23.1 Å². The Bertz CT molecular complexity index is 340. The molecule has 1 N–H and O–H groups in total. The molecule has 0 unspecified atom stereocenters. The van der Waals surface area contributed by atoms with Gasteiger partial charge in [0.1, 0.15) is 0 Å². The number of hydrogen-bond donors (Lipinski definition) is 1. The highest BCUT2D eigenvalue weighted by atomic mass is 16.5. The zero-order valence-corrected chi connectivity index (χ0v) is 8.74. The Balaban J connectivity index is 2.12. The Morgan fingerprint density at radius 3 is 2.79 bits per heavy atom. The van der Waals surface area contributed by atoms with Crippen LogP contribution >= 0.6 is 0 Å². The van der Waals surface area contributed by atoms with Gasteiger partial charge in [-0.1, -0.05) is 6.92 Å². The molecule has 76 valence electrons. The molecular weight excluding hydrogens is 178 g/mol. The van der Waals surface area contributed by atoms with Crippen LogP contribution in [0.25, 0.3) is 0 Å². The van der Waals surface area contributed by atoms with Gasteiger partial charge in [0.05, 0.1) is 7.11 Å². The second-order valence-electron chi connectivity index (χ2n) is 3.84. The topological polar surface area (TPSA) is 47.0 Å². The molecule has 0 aliphatic heterocycles. The summed E-state index contributed by atoms with van der Waals surface area (Å²) < 4.78 is 5.07. The number of aromatic nitrogens is 2. The number of methoxy groups -OCH3 is 1. The molecule has 14 heavy (non-hydrogen) atoms. The van der Waals surface area contributed by atoms with E-state index >= 15 is 0 Å². The van der Waals surface area contributed by atoms with Crippen LogP contribution in [0.15, 0.2) is 6.07 Å². The van der Waals surface area contributed by atoms with E-state index in [2.05, 4.69) is 22.2 Å². The van der Waals surface area contributed by atoms with Gasteiger partial charge in [0.2, 0.25) is 11.8 Å². The molecule has 2 rings (SSSR count). The van der Waals surface area contributed by atoms with Gasteiger partial charge < -0.3 is 10.1 Å². The van der Waals surface area contributed by atoms with E-state index in [0.29, 0.717) is 17.9 Å². The van der Waals surface area contributed by atoms with Gasteiger partial charge in [0.25, 0.3) is 0 Å². The van der Waals surface area contributed by atoms with E-state index < -0.39 is 0 Å². The largest absolute Gasteiger partial charge is 0.481 e. The SMILES string of the molecule is COc1cc(C)nc(N[C@@H]2C[C@H]2C)n1. The molecule has 1 saturated carbocycles. The minimum atomic E-state index is 0.543. The van der Waals surface area contributed by atoms with Gasteiger partial charge in [-0.05, 0) is 19.3 Å². The Hall–Kier alpha value is -1.32. The number of nitrogens with one attached hydrogen (secondary N) is 1. The Kier molecular flexibility index (Phi) is 2.27. The lowest BCUT2D eigenvalue weighted by atomic mass is 10.4. The molecule has 0 bridgehead atoms. The first-order chi connectivity index (χ1) is 6.69. The second kappa shape index (κ2) is 3.44. The highest BCUT2D eigenvalue weighted by Crippen LogP contribution is 2.31. The maximum Gasteiger partial charge on any atom is 0.226 e. The first-order valence-corrected chi connectivity index (χ1v) is 4.85. The third-order valence-electron chi connectivity index (χ3n) is 2.46. The normalized spacial score (nSPS) is 24.5. The van der Waals surface area contributed by atoms with Crippen molar-refractivity contribution in [2.24, 2.45) is 5.92 Å². The third-order valence-corrected chi connectivity index (χ3v) is 2.46. The highest BCUT2D eigenvalue weighted by molar-refractivity contribution is 5.33. The molecule has 1 fully saturated rings. The van der Waals surface area contributed by atoms with Crippen molar-refractivity contribution in [1.82, 2.24) is 9.97 Å². The highest BCUT2D eigenvalue weighted by Gasteiger charge is 2.33. The number of anilines is 1. The zero-order chi connectivity index (χ0) is 10.1. The number of ether oxygens (including phenoxy) is 1. The van der Waals surface area contributed by atoms with Crippen molar-refractivity contribution in [2.45, 2.75) is 26.3 Å². The van der Waals surface area contributed by atoms with E-state index in [1.807, 2.05) is 13.0 Å². The summed E-state index contributed by atoms with van der Waals surface area (Å²) >= 11 is 0. The number of nitrogens with zero attached hydrogens (tertiary/aromatic N) is 2. The smallest absolute Gasteiger partial charge is 0.226 e. The minimum Gasteiger partial charge on any atom is -0.481 e. The van der Waals surface area contributed by atoms with Gasteiger partial charge in [0.15, 0.2) is 0 Å². The third kappa shape index (κ3) is 1.95. The molecule has 4 nitrogen and oxygen atoms in total. The molecule has 1 aliphatic carbocycles. The molecule has 0 aromatic carbocycles. The van der Waals surface area contributed by atoms with E-state index in [1.165, 1.54) is 6.42 Å². The lowest BCUT2D eigenvalue weighted by Gasteiger charge is -2.06. The van der Waals surface area contributed by atoms with Crippen molar-refractivity contribution in [1.29, 1.82) is 0 Å². The van der Waals surface area contributed by atoms with E-state index in [-0.39, 0.29) is 0 Å². The fraction of sp³-hybridized carbons (Fsp3) is 0.600. The van der Waals surface area contributed by atoms with E-state index in [1.54, 1.807) is 7.11 Å². The summed E-state index contributed by atoms with van der Waals surface area (Å²) in [6.07, 6.45) is 1.21. The fourth-order valence-corrected chi connectivity index (χ4v) is 1.40. The van der Waals surface area contributed by atoms with Crippen LogP contribution in [0.1, 0.15) is 19.0 Å². The maximum absolute atomic E-state index is 5.07. The average molecular weight is 193 g/mol. The first kappa shape index (κ1) is 9.24. The fourth-order valence-electron chi connectivity index (χ4n) is 1.40. The predicted molar refractivity (Wildman–Crippen MR) is 54.5 cm³/mol. The van der Waals surface area contributed by atoms with Crippen molar-refractivity contribution in [3.05, 3.63) is 11.8 Å². The van der Waals surface area contributed by atoms with Crippen molar-refractivity contribution in [3.8, 4) is 5.88 Å². The van der Waals surface area contributed by atoms with Crippen molar-refractivity contribution in [3.63, 3.8) is 0 Å². The lowest BCUT2D eigenvalue weighted by Crippen LogP contribution is -2.08. The van der Waals surface area contributed by atoms with Crippen molar-refractivity contribution in [2.75, 3.05) is 12.4 Å². The van der Waals surface area contributed by atoms with Crippen LogP contribution in [0.3, 0.4) is 0 Å². The average Bonchev–Trinajstić information content (AvgIpc) is 2.80. The summed E-state index contributed by atoms with van der Waals surface area (Å²) in [5.74, 6) is 2.04.